The van der Waals surface area contributed by atoms with Gasteiger partial charge in [0.2, 0.25) is 0 Å². The second-order valence-corrected chi connectivity index (χ2v) is 7.17. The number of nitrogens with zero attached hydrogens (tertiary/aromatic N) is 2. The van der Waals surface area contributed by atoms with Crippen molar-refractivity contribution in [2.24, 2.45) is 5.92 Å². The van der Waals surface area contributed by atoms with Gasteiger partial charge in [-0.25, -0.2) is 0 Å². The number of amides is 1. The van der Waals surface area contributed by atoms with Gasteiger partial charge in [0.25, 0.3) is 5.91 Å². The van der Waals surface area contributed by atoms with Crippen molar-refractivity contribution in [3.8, 4) is 0 Å². The first-order valence-electron chi connectivity index (χ1n) is 9.39. The van der Waals surface area contributed by atoms with Crippen LogP contribution in [0.1, 0.15) is 38.2 Å². The summed E-state index contributed by atoms with van der Waals surface area (Å²) in [5.41, 5.74) is 1.26. The Balaban J connectivity index is 1.50. The summed E-state index contributed by atoms with van der Waals surface area (Å²) in [7, 11) is 0. The first kappa shape index (κ1) is 17.9. The van der Waals surface area contributed by atoms with Crippen LogP contribution in [0.15, 0.2) is 30.3 Å². The molecule has 2 aliphatic heterocycles. The van der Waals surface area contributed by atoms with Crippen molar-refractivity contribution in [1.29, 1.82) is 0 Å². The molecule has 0 N–H and O–H groups in total. The van der Waals surface area contributed by atoms with Crippen molar-refractivity contribution in [3.63, 3.8) is 0 Å². The van der Waals surface area contributed by atoms with Crippen molar-refractivity contribution < 1.29 is 14.3 Å². The normalized spacial score (nSPS) is 22.6. The number of hydrogen-bond acceptors (Lipinski definition) is 4. The van der Waals surface area contributed by atoms with Crippen LogP contribution in [-0.2, 0) is 20.9 Å². The lowest BCUT2D eigenvalue weighted by atomic mass is 9.97. The zero-order chi connectivity index (χ0) is 17.6. The second-order valence-electron chi connectivity index (χ2n) is 7.17. The summed E-state index contributed by atoms with van der Waals surface area (Å²) in [4.78, 5) is 28.9. The van der Waals surface area contributed by atoms with E-state index in [1.807, 2.05) is 18.2 Å². The summed E-state index contributed by atoms with van der Waals surface area (Å²) in [6, 6.07) is 10.3. The third kappa shape index (κ3) is 4.82. The average molecular weight is 344 g/mol. The predicted octanol–water partition coefficient (Wildman–Crippen LogP) is 2.45. The van der Waals surface area contributed by atoms with Crippen LogP contribution in [0.2, 0.25) is 0 Å². The van der Waals surface area contributed by atoms with Gasteiger partial charge in [-0.2, -0.15) is 0 Å². The summed E-state index contributed by atoms with van der Waals surface area (Å²) in [5.74, 6) is -0.410. The van der Waals surface area contributed by atoms with Gasteiger partial charge in [-0.1, -0.05) is 30.3 Å². The van der Waals surface area contributed by atoms with Gasteiger partial charge >= 0.3 is 5.97 Å². The van der Waals surface area contributed by atoms with E-state index in [1.54, 1.807) is 11.8 Å². The minimum absolute atomic E-state index is 0.0530. The van der Waals surface area contributed by atoms with E-state index in [2.05, 4.69) is 17.0 Å². The molecular weight excluding hydrogens is 316 g/mol. The summed E-state index contributed by atoms with van der Waals surface area (Å²) >= 11 is 0. The van der Waals surface area contributed by atoms with Crippen LogP contribution in [0.25, 0.3) is 0 Å². The number of ether oxygens (including phenoxy) is 1. The lowest BCUT2D eigenvalue weighted by molar-refractivity contribution is -0.163. The quantitative estimate of drug-likeness (QED) is 0.770. The molecule has 0 unspecified atom stereocenters. The van der Waals surface area contributed by atoms with Crippen molar-refractivity contribution >= 4 is 11.9 Å². The number of piperidine rings is 1. The number of esters is 1. The van der Waals surface area contributed by atoms with E-state index in [1.165, 1.54) is 5.56 Å². The Bertz CT molecular complexity index is 584. The lowest BCUT2D eigenvalue weighted by Gasteiger charge is -2.32. The molecule has 5 nitrogen and oxygen atoms in total. The molecule has 2 aliphatic rings. The van der Waals surface area contributed by atoms with E-state index in [4.69, 9.17) is 4.74 Å². The molecule has 0 aromatic heterocycles. The summed E-state index contributed by atoms with van der Waals surface area (Å²) < 4.78 is 5.51. The van der Waals surface area contributed by atoms with E-state index in [9.17, 15) is 9.59 Å². The van der Waals surface area contributed by atoms with Crippen LogP contribution < -0.4 is 0 Å². The van der Waals surface area contributed by atoms with Crippen LogP contribution in [-0.4, -0.2) is 54.0 Å². The van der Waals surface area contributed by atoms with Crippen LogP contribution >= 0.6 is 0 Å². The van der Waals surface area contributed by atoms with Crippen LogP contribution in [0, 0.1) is 5.92 Å². The minimum atomic E-state index is -0.671. The molecule has 0 spiro atoms. The Hall–Kier alpha value is -1.88. The zero-order valence-electron chi connectivity index (χ0n) is 15.0. The summed E-state index contributed by atoms with van der Waals surface area (Å²) in [6.07, 6.45) is 3.25. The van der Waals surface area contributed by atoms with Crippen LogP contribution in [0.5, 0.6) is 0 Å². The third-order valence-electron chi connectivity index (χ3n) is 5.15. The topological polar surface area (TPSA) is 49.9 Å². The summed E-state index contributed by atoms with van der Waals surface area (Å²) in [6.45, 7) is 5.83. The fourth-order valence-corrected chi connectivity index (χ4v) is 3.75. The Morgan fingerprint density at radius 3 is 2.56 bits per heavy atom. The number of likely N-dealkylation sites (tertiary alicyclic amines) is 2. The standard InChI is InChI=1S/C20H28N2O3/c1-16(19(23)22-12-5-6-13-22)25-20(24)18-10-7-11-21(15-18)14-17-8-3-2-4-9-17/h2-4,8-9,16,18H,5-7,10-15H2,1H3/t16-,18+/m1/s1. The monoisotopic (exact) mass is 344 g/mol. The third-order valence-corrected chi connectivity index (χ3v) is 5.15. The van der Waals surface area contributed by atoms with Crippen molar-refractivity contribution in [2.75, 3.05) is 26.2 Å². The molecule has 1 amide bonds. The first-order valence-corrected chi connectivity index (χ1v) is 9.39. The lowest BCUT2D eigenvalue weighted by Crippen LogP contribution is -2.42. The molecule has 0 aliphatic carbocycles. The maximum atomic E-state index is 12.5. The Morgan fingerprint density at radius 2 is 1.84 bits per heavy atom. The maximum absolute atomic E-state index is 12.5. The number of carbonyl (C=O) groups excluding carboxylic acids is 2. The van der Waals surface area contributed by atoms with Gasteiger partial charge in [0.05, 0.1) is 5.92 Å². The molecular formula is C20H28N2O3. The highest BCUT2D eigenvalue weighted by Crippen LogP contribution is 2.21. The molecule has 136 valence electrons. The van der Waals surface area contributed by atoms with E-state index in [0.29, 0.717) is 6.54 Å². The van der Waals surface area contributed by atoms with E-state index in [0.717, 1.165) is 51.9 Å². The smallest absolute Gasteiger partial charge is 0.311 e. The molecule has 2 atom stereocenters. The van der Waals surface area contributed by atoms with Crippen molar-refractivity contribution in [2.45, 2.75) is 45.3 Å². The predicted molar refractivity (Wildman–Crippen MR) is 95.8 cm³/mol. The highest BCUT2D eigenvalue weighted by molar-refractivity contribution is 5.84. The molecule has 25 heavy (non-hydrogen) atoms. The number of carbonyl (C=O) groups is 2. The minimum Gasteiger partial charge on any atom is -0.452 e. The fraction of sp³-hybridized carbons (Fsp3) is 0.600. The molecule has 5 heteroatoms. The van der Waals surface area contributed by atoms with Gasteiger partial charge in [-0.3, -0.25) is 14.5 Å². The highest BCUT2D eigenvalue weighted by Gasteiger charge is 2.31. The Morgan fingerprint density at radius 1 is 1.12 bits per heavy atom. The van der Waals surface area contributed by atoms with E-state index < -0.39 is 6.10 Å². The van der Waals surface area contributed by atoms with Gasteiger partial charge < -0.3 is 9.64 Å². The molecule has 0 saturated carbocycles. The van der Waals surface area contributed by atoms with Gasteiger partial charge in [0.15, 0.2) is 6.10 Å². The molecule has 2 saturated heterocycles. The molecule has 2 heterocycles. The molecule has 3 rings (SSSR count). The van der Waals surface area contributed by atoms with Crippen LogP contribution in [0.3, 0.4) is 0 Å². The van der Waals surface area contributed by atoms with Crippen molar-refractivity contribution in [3.05, 3.63) is 35.9 Å². The second kappa shape index (κ2) is 8.48. The zero-order valence-corrected chi connectivity index (χ0v) is 15.0. The molecule has 0 radical (unpaired) electrons. The Kier molecular flexibility index (Phi) is 6.08. The van der Waals surface area contributed by atoms with Gasteiger partial charge in [-0.15, -0.1) is 0 Å². The van der Waals surface area contributed by atoms with E-state index in [-0.39, 0.29) is 17.8 Å². The van der Waals surface area contributed by atoms with E-state index >= 15 is 0 Å². The van der Waals surface area contributed by atoms with Gasteiger partial charge in [0.1, 0.15) is 0 Å². The Labute approximate surface area is 149 Å². The number of benzene rings is 1. The fourth-order valence-electron chi connectivity index (χ4n) is 3.75. The van der Waals surface area contributed by atoms with Gasteiger partial charge in [0, 0.05) is 26.2 Å². The molecule has 2 fully saturated rings. The summed E-state index contributed by atoms with van der Waals surface area (Å²) in [5, 5.41) is 0. The maximum Gasteiger partial charge on any atom is 0.311 e. The first-order chi connectivity index (χ1) is 12.1. The largest absolute Gasteiger partial charge is 0.452 e. The molecule has 0 bridgehead atoms. The average Bonchev–Trinajstić information content (AvgIpc) is 3.16. The van der Waals surface area contributed by atoms with Crippen molar-refractivity contribution in [1.82, 2.24) is 9.80 Å². The highest BCUT2D eigenvalue weighted by atomic mass is 16.5. The molecule has 1 aromatic carbocycles. The molecule has 1 aromatic rings. The number of hydrogen-bond donors (Lipinski definition) is 0. The van der Waals surface area contributed by atoms with Crippen LogP contribution in [0.4, 0.5) is 0 Å². The SMILES string of the molecule is C[C@@H](OC(=O)[C@H]1CCCN(Cc2ccccc2)C1)C(=O)N1CCCC1. The number of rotatable bonds is 5. The van der Waals surface area contributed by atoms with Gasteiger partial charge in [-0.05, 0) is 44.7 Å².